The Balaban J connectivity index is 1.36. The molecular formula is C15H25N3O2. The van der Waals surface area contributed by atoms with Gasteiger partial charge in [-0.3, -0.25) is 9.58 Å². The van der Waals surface area contributed by atoms with Gasteiger partial charge >= 0.3 is 0 Å². The number of aryl methyl sites for hydroxylation is 1. The molecule has 1 atom stereocenters. The highest BCUT2D eigenvalue weighted by Crippen LogP contribution is 2.18. The fourth-order valence-corrected chi connectivity index (χ4v) is 3.06. The fraction of sp³-hybridized carbons (Fsp3) is 0.800. The number of hydrogen-bond donors (Lipinski definition) is 0. The van der Waals surface area contributed by atoms with Crippen molar-refractivity contribution >= 4 is 0 Å². The van der Waals surface area contributed by atoms with Crippen molar-refractivity contribution in [3.05, 3.63) is 18.0 Å². The first-order valence-electron chi connectivity index (χ1n) is 7.72. The lowest BCUT2D eigenvalue weighted by Crippen LogP contribution is -2.37. The maximum atomic E-state index is 6.00. The Morgan fingerprint density at radius 3 is 2.85 bits per heavy atom. The van der Waals surface area contributed by atoms with E-state index in [1.54, 1.807) is 0 Å². The number of aromatic nitrogens is 2. The highest BCUT2D eigenvalue weighted by atomic mass is 16.5. The van der Waals surface area contributed by atoms with Gasteiger partial charge in [-0.15, -0.1) is 0 Å². The molecule has 0 aliphatic carbocycles. The Hall–Kier alpha value is -0.910. The molecule has 0 unspecified atom stereocenters. The zero-order chi connectivity index (χ0) is 13.8. The first-order valence-corrected chi connectivity index (χ1v) is 7.72. The Morgan fingerprint density at radius 2 is 2.20 bits per heavy atom. The molecule has 0 N–H and O–H groups in total. The Bertz CT molecular complexity index is 407. The van der Waals surface area contributed by atoms with Gasteiger partial charge in [-0.2, -0.15) is 5.10 Å². The maximum absolute atomic E-state index is 6.00. The molecule has 2 saturated heterocycles. The minimum atomic E-state index is 0.350. The topological polar surface area (TPSA) is 39.5 Å². The summed E-state index contributed by atoms with van der Waals surface area (Å²) in [6.45, 7) is 4.94. The van der Waals surface area contributed by atoms with Gasteiger partial charge in [0, 0.05) is 45.0 Å². The van der Waals surface area contributed by atoms with E-state index in [4.69, 9.17) is 9.47 Å². The summed E-state index contributed by atoms with van der Waals surface area (Å²) in [5, 5.41) is 4.22. The Morgan fingerprint density at radius 1 is 1.35 bits per heavy atom. The van der Waals surface area contributed by atoms with E-state index >= 15 is 0 Å². The molecule has 2 aliphatic heterocycles. The third-order valence-corrected chi connectivity index (χ3v) is 4.24. The molecule has 0 bridgehead atoms. The van der Waals surface area contributed by atoms with Crippen LogP contribution in [0.25, 0.3) is 0 Å². The molecule has 0 amide bonds. The highest BCUT2D eigenvalue weighted by Gasteiger charge is 2.22. The van der Waals surface area contributed by atoms with Crippen LogP contribution in [0, 0.1) is 0 Å². The summed E-state index contributed by atoms with van der Waals surface area (Å²) in [6.07, 6.45) is 9.45. The predicted molar refractivity (Wildman–Crippen MR) is 76.4 cm³/mol. The molecule has 0 radical (unpaired) electrons. The second-order valence-corrected chi connectivity index (χ2v) is 5.97. The second kappa shape index (κ2) is 6.70. The van der Waals surface area contributed by atoms with Crippen LogP contribution in [0.4, 0.5) is 0 Å². The van der Waals surface area contributed by atoms with Gasteiger partial charge < -0.3 is 9.47 Å². The van der Waals surface area contributed by atoms with E-state index in [0.717, 1.165) is 45.7 Å². The minimum absolute atomic E-state index is 0.350. The zero-order valence-corrected chi connectivity index (χ0v) is 12.3. The predicted octanol–water partition coefficient (Wildman–Crippen LogP) is 1.58. The summed E-state index contributed by atoms with van der Waals surface area (Å²) in [5.74, 6) is 0. The summed E-state index contributed by atoms with van der Waals surface area (Å²) < 4.78 is 13.5. The lowest BCUT2D eigenvalue weighted by Gasteiger charge is -2.32. The lowest BCUT2D eigenvalue weighted by atomic mass is 10.1. The standard InChI is InChI=1S/C15H25N3O2/c1-17-10-13(9-16-17)11-18-6-4-14(5-7-18)20-12-15-3-2-8-19-15/h9-10,14-15H,2-8,11-12H2,1H3/t15-/m1/s1. The van der Waals surface area contributed by atoms with Crippen LogP contribution >= 0.6 is 0 Å². The van der Waals surface area contributed by atoms with Crippen LogP contribution in [0.15, 0.2) is 12.4 Å². The first kappa shape index (κ1) is 14.0. The number of likely N-dealkylation sites (tertiary alicyclic amines) is 1. The SMILES string of the molecule is Cn1cc(CN2CCC(OC[C@H]3CCCO3)CC2)cn1. The lowest BCUT2D eigenvalue weighted by molar-refractivity contribution is -0.0426. The van der Waals surface area contributed by atoms with E-state index in [0.29, 0.717) is 12.2 Å². The van der Waals surface area contributed by atoms with E-state index in [1.165, 1.54) is 18.4 Å². The number of rotatable bonds is 5. The second-order valence-electron chi connectivity index (χ2n) is 5.97. The van der Waals surface area contributed by atoms with Gasteiger partial charge in [0.25, 0.3) is 0 Å². The summed E-state index contributed by atoms with van der Waals surface area (Å²) in [7, 11) is 1.97. The van der Waals surface area contributed by atoms with E-state index in [-0.39, 0.29) is 0 Å². The van der Waals surface area contributed by atoms with Gasteiger partial charge in [0.1, 0.15) is 0 Å². The first-order chi connectivity index (χ1) is 9.79. The molecule has 2 fully saturated rings. The van der Waals surface area contributed by atoms with E-state index < -0.39 is 0 Å². The third-order valence-electron chi connectivity index (χ3n) is 4.24. The van der Waals surface area contributed by atoms with Crippen LogP contribution in [0.2, 0.25) is 0 Å². The largest absolute Gasteiger partial charge is 0.376 e. The van der Waals surface area contributed by atoms with Gasteiger partial charge in [-0.1, -0.05) is 0 Å². The molecule has 5 nitrogen and oxygen atoms in total. The normalized spacial score (nSPS) is 25.4. The van der Waals surface area contributed by atoms with Crippen molar-refractivity contribution in [1.82, 2.24) is 14.7 Å². The van der Waals surface area contributed by atoms with Crippen molar-refractivity contribution in [2.24, 2.45) is 7.05 Å². The average Bonchev–Trinajstić information content (AvgIpc) is 3.10. The van der Waals surface area contributed by atoms with Crippen LogP contribution in [-0.2, 0) is 23.1 Å². The highest BCUT2D eigenvalue weighted by molar-refractivity contribution is 5.03. The van der Waals surface area contributed by atoms with Crippen molar-refractivity contribution in [3.63, 3.8) is 0 Å². The summed E-state index contributed by atoms with van der Waals surface area (Å²) in [5.41, 5.74) is 1.30. The third kappa shape index (κ3) is 3.81. The molecule has 3 heterocycles. The maximum Gasteiger partial charge on any atom is 0.0809 e. The van der Waals surface area contributed by atoms with Crippen LogP contribution in [0.3, 0.4) is 0 Å². The smallest absolute Gasteiger partial charge is 0.0809 e. The van der Waals surface area contributed by atoms with E-state index in [2.05, 4.69) is 16.2 Å². The van der Waals surface area contributed by atoms with Gasteiger partial charge in [-0.25, -0.2) is 0 Å². The van der Waals surface area contributed by atoms with Gasteiger partial charge in [-0.05, 0) is 25.7 Å². The zero-order valence-electron chi connectivity index (χ0n) is 12.3. The summed E-state index contributed by atoms with van der Waals surface area (Å²) >= 11 is 0. The molecule has 20 heavy (non-hydrogen) atoms. The van der Waals surface area contributed by atoms with Crippen LogP contribution in [0.5, 0.6) is 0 Å². The van der Waals surface area contributed by atoms with Crippen LogP contribution < -0.4 is 0 Å². The Labute approximate surface area is 120 Å². The molecule has 5 heteroatoms. The van der Waals surface area contributed by atoms with Crippen molar-refractivity contribution in [2.45, 2.75) is 44.4 Å². The molecule has 0 spiro atoms. The number of nitrogens with zero attached hydrogens (tertiary/aromatic N) is 3. The molecule has 1 aromatic heterocycles. The van der Waals surface area contributed by atoms with Crippen molar-refractivity contribution in [3.8, 4) is 0 Å². The quantitative estimate of drug-likeness (QED) is 0.820. The molecular weight excluding hydrogens is 254 g/mol. The molecule has 3 rings (SSSR count). The Kier molecular flexibility index (Phi) is 4.70. The number of ether oxygens (including phenoxy) is 2. The molecule has 0 saturated carbocycles. The number of piperidine rings is 1. The van der Waals surface area contributed by atoms with Crippen LogP contribution in [-0.4, -0.2) is 53.2 Å². The molecule has 2 aliphatic rings. The summed E-state index contributed by atoms with van der Waals surface area (Å²) in [6, 6.07) is 0. The monoisotopic (exact) mass is 279 g/mol. The number of hydrogen-bond acceptors (Lipinski definition) is 4. The van der Waals surface area contributed by atoms with E-state index in [1.807, 2.05) is 17.9 Å². The minimum Gasteiger partial charge on any atom is -0.376 e. The average molecular weight is 279 g/mol. The van der Waals surface area contributed by atoms with Gasteiger partial charge in [0.05, 0.1) is 25.0 Å². The van der Waals surface area contributed by atoms with Crippen molar-refractivity contribution in [2.75, 3.05) is 26.3 Å². The van der Waals surface area contributed by atoms with Crippen molar-refractivity contribution in [1.29, 1.82) is 0 Å². The summed E-state index contributed by atoms with van der Waals surface area (Å²) in [4.78, 5) is 2.49. The van der Waals surface area contributed by atoms with Gasteiger partial charge in [0.2, 0.25) is 0 Å². The van der Waals surface area contributed by atoms with Crippen LogP contribution in [0.1, 0.15) is 31.2 Å². The molecule has 1 aromatic rings. The van der Waals surface area contributed by atoms with E-state index in [9.17, 15) is 0 Å². The molecule has 0 aromatic carbocycles. The van der Waals surface area contributed by atoms with Crippen molar-refractivity contribution < 1.29 is 9.47 Å². The molecule has 112 valence electrons. The fourth-order valence-electron chi connectivity index (χ4n) is 3.06. The van der Waals surface area contributed by atoms with Gasteiger partial charge in [0.15, 0.2) is 0 Å².